The number of carboxylic acid groups (broad SMARTS) is 1. The number of aliphatic carboxylic acids is 1. The average Bonchev–Trinajstić information content (AvgIpc) is 3.12. The standard InChI is InChI=1S/C22H28O9/c1-12(6-8-16(23)24)5-7-14-20(29-4)13(2)15-11-30-22(27)19(15)21(14)31-18(26)10-9-17(25)28-3/h12H,5-11H2,1-4H3,(H,23,24). The first-order valence-electron chi connectivity index (χ1n) is 10.1. The van der Waals surface area contributed by atoms with Crippen LogP contribution in [0.5, 0.6) is 11.5 Å². The molecule has 0 bridgehead atoms. The lowest BCUT2D eigenvalue weighted by Gasteiger charge is -2.20. The van der Waals surface area contributed by atoms with E-state index in [2.05, 4.69) is 4.74 Å². The topological polar surface area (TPSA) is 125 Å². The highest BCUT2D eigenvalue weighted by atomic mass is 16.6. The number of carboxylic acids is 1. The Labute approximate surface area is 180 Å². The zero-order valence-electron chi connectivity index (χ0n) is 18.2. The van der Waals surface area contributed by atoms with Gasteiger partial charge in [0.05, 0.1) is 27.1 Å². The van der Waals surface area contributed by atoms with Gasteiger partial charge >= 0.3 is 23.9 Å². The van der Waals surface area contributed by atoms with Crippen LogP contribution in [0.15, 0.2) is 0 Å². The first-order chi connectivity index (χ1) is 14.7. The third kappa shape index (κ3) is 5.96. The normalized spacial score (nSPS) is 13.2. The number of carbonyl (C=O) groups excluding carboxylic acids is 3. The minimum atomic E-state index is -0.860. The van der Waals surface area contributed by atoms with E-state index in [4.69, 9.17) is 19.3 Å². The molecule has 1 aromatic rings. The third-order valence-electron chi connectivity index (χ3n) is 5.34. The quantitative estimate of drug-likeness (QED) is 0.411. The van der Waals surface area contributed by atoms with E-state index in [0.717, 1.165) is 5.56 Å². The summed E-state index contributed by atoms with van der Waals surface area (Å²) in [5.74, 6) is -2.01. The van der Waals surface area contributed by atoms with Gasteiger partial charge in [0.25, 0.3) is 0 Å². The summed E-state index contributed by atoms with van der Waals surface area (Å²) in [5, 5.41) is 8.89. The molecule has 170 valence electrons. The summed E-state index contributed by atoms with van der Waals surface area (Å²) in [6.45, 7) is 3.80. The molecule has 31 heavy (non-hydrogen) atoms. The Morgan fingerprint density at radius 3 is 2.35 bits per heavy atom. The summed E-state index contributed by atoms with van der Waals surface area (Å²) in [6, 6.07) is 0. The molecule has 0 spiro atoms. The van der Waals surface area contributed by atoms with Crippen molar-refractivity contribution in [2.45, 2.75) is 59.0 Å². The van der Waals surface area contributed by atoms with Crippen molar-refractivity contribution in [2.24, 2.45) is 5.92 Å². The van der Waals surface area contributed by atoms with Crippen LogP contribution in [0.2, 0.25) is 0 Å². The molecule has 9 nitrogen and oxygen atoms in total. The molecule has 1 heterocycles. The number of rotatable bonds is 11. The van der Waals surface area contributed by atoms with E-state index < -0.39 is 23.9 Å². The number of cyclic esters (lactones) is 1. The van der Waals surface area contributed by atoms with E-state index in [9.17, 15) is 19.2 Å². The Morgan fingerprint density at radius 1 is 1.06 bits per heavy atom. The molecule has 0 radical (unpaired) electrons. The maximum absolute atomic E-state index is 12.4. The van der Waals surface area contributed by atoms with Gasteiger partial charge in [-0.1, -0.05) is 6.92 Å². The number of esters is 3. The van der Waals surface area contributed by atoms with Crippen LogP contribution < -0.4 is 9.47 Å². The van der Waals surface area contributed by atoms with Crippen molar-refractivity contribution in [3.05, 3.63) is 22.3 Å². The van der Waals surface area contributed by atoms with Crippen LogP contribution in [0.3, 0.4) is 0 Å². The largest absolute Gasteiger partial charge is 0.496 e. The second-order valence-corrected chi connectivity index (χ2v) is 7.52. The molecule has 2 rings (SSSR count). The zero-order valence-corrected chi connectivity index (χ0v) is 18.2. The molecule has 0 fully saturated rings. The van der Waals surface area contributed by atoms with Crippen LogP contribution in [0.4, 0.5) is 0 Å². The zero-order chi connectivity index (χ0) is 23.1. The molecule has 1 unspecified atom stereocenters. The van der Waals surface area contributed by atoms with Crippen LogP contribution in [-0.2, 0) is 36.9 Å². The van der Waals surface area contributed by atoms with E-state index in [1.54, 1.807) is 6.92 Å². The molecule has 0 amide bonds. The smallest absolute Gasteiger partial charge is 0.342 e. The van der Waals surface area contributed by atoms with E-state index >= 15 is 0 Å². The monoisotopic (exact) mass is 436 g/mol. The Balaban J connectivity index is 2.37. The van der Waals surface area contributed by atoms with Gasteiger partial charge in [0.15, 0.2) is 5.75 Å². The van der Waals surface area contributed by atoms with E-state index in [1.165, 1.54) is 14.2 Å². The van der Waals surface area contributed by atoms with Gasteiger partial charge in [-0.05, 0) is 37.7 Å². The maximum Gasteiger partial charge on any atom is 0.342 e. The van der Waals surface area contributed by atoms with Gasteiger partial charge in [0.2, 0.25) is 0 Å². The van der Waals surface area contributed by atoms with Gasteiger partial charge in [-0.2, -0.15) is 0 Å². The van der Waals surface area contributed by atoms with E-state index in [1.807, 2.05) is 6.92 Å². The molecule has 1 aliphatic heterocycles. The van der Waals surface area contributed by atoms with Crippen molar-refractivity contribution in [3.8, 4) is 11.5 Å². The number of hydrogen-bond acceptors (Lipinski definition) is 8. The highest BCUT2D eigenvalue weighted by Crippen LogP contribution is 2.43. The van der Waals surface area contributed by atoms with Crippen molar-refractivity contribution in [1.82, 2.24) is 0 Å². The Bertz CT molecular complexity index is 872. The first kappa shape index (κ1) is 24.2. The first-order valence-corrected chi connectivity index (χ1v) is 10.1. The number of hydrogen-bond donors (Lipinski definition) is 1. The minimum absolute atomic E-state index is 0.0539. The Morgan fingerprint density at radius 2 is 1.74 bits per heavy atom. The number of ether oxygens (including phenoxy) is 4. The van der Waals surface area contributed by atoms with Gasteiger partial charge in [-0.25, -0.2) is 4.79 Å². The second kappa shape index (κ2) is 10.8. The molecule has 1 N–H and O–H groups in total. The SMILES string of the molecule is COC(=O)CCC(=O)Oc1c(CCC(C)CCC(=O)O)c(OC)c(C)c2c1C(=O)OC2. The summed E-state index contributed by atoms with van der Waals surface area (Å²) in [5.41, 5.74) is 2.07. The summed E-state index contributed by atoms with van der Waals surface area (Å²) in [4.78, 5) is 47.0. The van der Waals surface area contributed by atoms with Crippen LogP contribution in [-0.4, -0.2) is 43.2 Å². The third-order valence-corrected chi connectivity index (χ3v) is 5.34. The molecule has 9 heteroatoms. The lowest BCUT2D eigenvalue weighted by molar-refractivity contribution is -0.144. The fraction of sp³-hybridized carbons (Fsp3) is 0.545. The van der Waals surface area contributed by atoms with E-state index in [0.29, 0.717) is 36.1 Å². The molecule has 0 saturated heterocycles. The molecule has 1 aliphatic rings. The minimum Gasteiger partial charge on any atom is -0.496 e. The predicted octanol–water partition coefficient (Wildman–Crippen LogP) is 2.97. The van der Waals surface area contributed by atoms with Gasteiger partial charge < -0.3 is 24.1 Å². The van der Waals surface area contributed by atoms with Crippen molar-refractivity contribution in [3.63, 3.8) is 0 Å². The van der Waals surface area contributed by atoms with Crippen LogP contribution in [0.1, 0.15) is 66.1 Å². The predicted molar refractivity (Wildman–Crippen MR) is 108 cm³/mol. The molecular weight excluding hydrogens is 408 g/mol. The van der Waals surface area contributed by atoms with Gasteiger partial charge in [0, 0.05) is 17.5 Å². The number of methoxy groups -OCH3 is 2. The number of carbonyl (C=O) groups is 4. The summed E-state index contributed by atoms with van der Waals surface area (Å²) in [6.07, 6.45) is 1.21. The number of fused-ring (bicyclic) bond motifs is 1. The van der Waals surface area contributed by atoms with Crippen molar-refractivity contribution in [2.75, 3.05) is 14.2 Å². The molecular formula is C22H28O9. The molecule has 1 aromatic carbocycles. The summed E-state index contributed by atoms with van der Waals surface area (Å²) >= 11 is 0. The summed E-state index contributed by atoms with van der Waals surface area (Å²) in [7, 11) is 2.72. The highest BCUT2D eigenvalue weighted by Gasteiger charge is 2.34. The van der Waals surface area contributed by atoms with Crippen molar-refractivity contribution >= 4 is 23.9 Å². The fourth-order valence-electron chi connectivity index (χ4n) is 3.54. The highest BCUT2D eigenvalue weighted by molar-refractivity contribution is 5.99. The van der Waals surface area contributed by atoms with Gasteiger partial charge in [-0.3, -0.25) is 14.4 Å². The second-order valence-electron chi connectivity index (χ2n) is 7.52. The Hall–Kier alpha value is -3.10. The fourth-order valence-corrected chi connectivity index (χ4v) is 3.54. The van der Waals surface area contributed by atoms with Crippen LogP contribution in [0.25, 0.3) is 0 Å². The van der Waals surface area contributed by atoms with Gasteiger partial charge in [-0.15, -0.1) is 0 Å². The molecule has 0 saturated carbocycles. The van der Waals surface area contributed by atoms with Crippen LogP contribution in [0, 0.1) is 12.8 Å². The lowest BCUT2D eigenvalue weighted by Crippen LogP contribution is -2.16. The average molecular weight is 436 g/mol. The van der Waals surface area contributed by atoms with E-state index in [-0.39, 0.29) is 43.1 Å². The number of benzene rings is 1. The Kier molecular flexibility index (Phi) is 8.41. The van der Waals surface area contributed by atoms with Crippen molar-refractivity contribution < 1.29 is 43.2 Å². The van der Waals surface area contributed by atoms with Crippen molar-refractivity contribution in [1.29, 1.82) is 0 Å². The molecule has 0 aromatic heterocycles. The molecule has 1 atom stereocenters. The maximum atomic E-state index is 12.4. The van der Waals surface area contributed by atoms with Gasteiger partial charge in [0.1, 0.15) is 17.9 Å². The van der Waals surface area contributed by atoms with Crippen LogP contribution >= 0.6 is 0 Å². The lowest BCUT2D eigenvalue weighted by atomic mass is 9.91. The molecule has 0 aliphatic carbocycles. The summed E-state index contributed by atoms with van der Waals surface area (Å²) < 4.78 is 20.8.